The summed E-state index contributed by atoms with van der Waals surface area (Å²) in [5.74, 6) is -0.0255. The van der Waals surface area contributed by atoms with E-state index in [1.165, 1.54) is 0 Å². The van der Waals surface area contributed by atoms with Crippen molar-refractivity contribution >= 4 is 5.97 Å². The third-order valence-electron chi connectivity index (χ3n) is 1.93. The molecule has 90 valence electrons. The third kappa shape index (κ3) is 11.3. The van der Waals surface area contributed by atoms with Gasteiger partial charge in [-0.3, -0.25) is 4.79 Å². The Balaban J connectivity index is 0.000000265. The second-order valence-electron chi connectivity index (χ2n) is 3.36. The Bertz CT molecular complexity index is 140. The molecule has 5 N–H and O–H groups in total. The van der Waals surface area contributed by atoms with Crippen molar-refractivity contribution in [1.82, 2.24) is 5.32 Å². The zero-order chi connectivity index (χ0) is 11.4. The summed E-state index contributed by atoms with van der Waals surface area (Å²) >= 11 is 0. The lowest BCUT2D eigenvalue weighted by Gasteiger charge is -1.95. The molecule has 0 radical (unpaired) electrons. The van der Waals surface area contributed by atoms with Crippen molar-refractivity contribution in [2.45, 2.75) is 25.7 Å². The molecule has 1 saturated heterocycles. The smallest absolute Gasteiger partial charge is 0.305 e. The number of esters is 1. The molecular formula is C10H23N3O2. The fraction of sp³-hybridized carbons (Fsp3) is 0.900. The lowest BCUT2D eigenvalue weighted by Crippen LogP contribution is -2.27. The number of cyclic esters (lactones) is 1. The van der Waals surface area contributed by atoms with Crippen LogP contribution in [0.1, 0.15) is 25.7 Å². The highest BCUT2D eigenvalue weighted by Crippen LogP contribution is 2.06. The highest BCUT2D eigenvalue weighted by Gasteiger charge is 2.05. The summed E-state index contributed by atoms with van der Waals surface area (Å²) in [6, 6.07) is 0. The Kier molecular flexibility index (Phi) is 10.9. The number of nitrogens with two attached hydrogens (primary N) is 2. The molecule has 0 spiro atoms. The van der Waals surface area contributed by atoms with Gasteiger partial charge in [0.25, 0.3) is 0 Å². The van der Waals surface area contributed by atoms with Crippen LogP contribution in [0.15, 0.2) is 0 Å². The molecule has 5 heteroatoms. The van der Waals surface area contributed by atoms with E-state index in [1.807, 2.05) is 0 Å². The molecule has 15 heavy (non-hydrogen) atoms. The molecule has 1 fully saturated rings. The van der Waals surface area contributed by atoms with E-state index >= 15 is 0 Å². The van der Waals surface area contributed by atoms with Crippen molar-refractivity contribution in [2.24, 2.45) is 11.5 Å². The average molecular weight is 217 g/mol. The third-order valence-corrected chi connectivity index (χ3v) is 1.93. The molecule has 0 aromatic heterocycles. The topological polar surface area (TPSA) is 90.4 Å². The Morgan fingerprint density at radius 1 is 1.13 bits per heavy atom. The van der Waals surface area contributed by atoms with Crippen LogP contribution < -0.4 is 16.8 Å². The van der Waals surface area contributed by atoms with Crippen LogP contribution in [0.25, 0.3) is 0 Å². The number of hydrogen-bond donors (Lipinski definition) is 3. The maximum Gasteiger partial charge on any atom is 0.305 e. The average Bonchev–Trinajstić information content (AvgIpc) is 2.48. The minimum atomic E-state index is -0.0255. The number of hydrogen-bond acceptors (Lipinski definition) is 5. The van der Waals surface area contributed by atoms with Gasteiger partial charge in [0.15, 0.2) is 0 Å². The van der Waals surface area contributed by atoms with Crippen LogP contribution in [-0.2, 0) is 9.53 Å². The molecule has 0 amide bonds. The zero-order valence-corrected chi connectivity index (χ0v) is 9.34. The highest BCUT2D eigenvalue weighted by atomic mass is 16.5. The van der Waals surface area contributed by atoms with E-state index in [2.05, 4.69) is 5.32 Å². The largest absolute Gasteiger partial charge is 0.466 e. The first-order valence-electron chi connectivity index (χ1n) is 5.57. The van der Waals surface area contributed by atoms with Gasteiger partial charge in [-0.05, 0) is 19.3 Å². The molecule has 0 aromatic carbocycles. The van der Waals surface area contributed by atoms with Gasteiger partial charge in [0.2, 0.25) is 0 Å². The monoisotopic (exact) mass is 217 g/mol. The van der Waals surface area contributed by atoms with Gasteiger partial charge in [0.05, 0.1) is 6.61 Å². The second kappa shape index (κ2) is 11.4. The Morgan fingerprint density at radius 2 is 1.80 bits per heavy atom. The summed E-state index contributed by atoms with van der Waals surface area (Å²) in [6.45, 7) is 3.77. The molecule has 1 heterocycles. The fourth-order valence-corrected chi connectivity index (χ4v) is 1.14. The minimum absolute atomic E-state index is 0.0255. The molecule has 1 aliphatic rings. The van der Waals surface area contributed by atoms with Crippen molar-refractivity contribution in [3.8, 4) is 0 Å². The van der Waals surface area contributed by atoms with E-state index in [9.17, 15) is 4.79 Å². The molecule has 1 aliphatic heterocycles. The lowest BCUT2D eigenvalue weighted by molar-refractivity contribution is -0.142. The van der Waals surface area contributed by atoms with Crippen molar-refractivity contribution in [3.63, 3.8) is 0 Å². The zero-order valence-electron chi connectivity index (χ0n) is 9.34. The molecule has 0 aromatic rings. The van der Waals surface area contributed by atoms with E-state index in [0.29, 0.717) is 26.1 Å². The number of nitrogens with one attached hydrogen (secondary N) is 1. The maximum atomic E-state index is 10.5. The van der Waals surface area contributed by atoms with Crippen LogP contribution in [-0.4, -0.2) is 38.8 Å². The predicted molar refractivity (Wildman–Crippen MR) is 60.4 cm³/mol. The first-order chi connectivity index (χ1) is 7.31. The molecular weight excluding hydrogens is 194 g/mol. The quantitative estimate of drug-likeness (QED) is 0.440. The van der Waals surface area contributed by atoms with Crippen LogP contribution in [0.4, 0.5) is 0 Å². The Morgan fingerprint density at radius 3 is 2.40 bits per heavy atom. The standard InChI is InChI=1S/C6H10O2.C4H13N3/c7-6-4-2-1-3-5-8-6;5-1-3-7-4-2-6/h1-5H2;7H,1-6H2. The van der Waals surface area contributed by atoms with Gasteiger partial charge in [-0.1, -0.05) is 0 Å². The first-order valence-corrected chi connectivity index (χ1v) is 5.57. The molecule has 0 aliphatic carbocycles. The van der Waals surface area contributed by atoms with Crippen LogP contribution in [0.3, 0.4) is 0 Å². The number of rotatable bonds is 4. The van der Waals surface area contributed by atoms with Crippen LogP contribution in [0, 0.1) is 0 Å². The van der Waals surface area contributed by atoms with E-state index < -0.39 is 0 Å². The van der Waals surface area contributed by atoms with Gasteiger partial charge in [-0.25, -0.2) is 0 Å². The van der Waals surface area contributed by atoms with Crippen molar-refractivity contribution in [2.75, 3.05) is 32.8 Å². The van der Waals surface area contributed by atoms with E-state index in [4.69, 9.17) is 16.2 Å². The maximum absolute atomic E-state index is 10.5. The van der Waals surface area contributed by atoms with Gasteiger partial charge in [0.1, 0.15) is 0 Å². The summed E-state index contributed by atoms with van der Waals surface area (Å²) in [4.78, 5) is 10.5. The Hall–Kier alpha value is -0.650. The first kappa shape index (κ1) is 14.3. The molecule has 5 nitrogen and oxygen atoms in total. The molecule has 1 rings (SSSR count). The van der Waals surface area contributed by atoms with Crippen LogP contribution in [0.5, 0.6) is 0 Å². The number of carbonyl (C=O) groups excluding carboxylic acids is 1. The molecule has 0 saturated carbocycles. The van der Waals surface area contributed by atoms with Gasteiger partial charge in [-0.2, -0.15) is 0 Å². The van der Waals surface area contributed by atoms with Gasteiger partial charge >= 0.3 is 5.97 Å². The SMILES string of the molecule is NCCNCCN.O=C1CCCCCO1. The highest BCUT2D eigenvalue weighted by molar-refractivity contribution is 5.69. The van der Waals surface area contributed by atoms with Crippen LogP contribution >= 0.6 is 0 Å². The van der Waals surface area contributed by atoms with E-state index in [1.54, 1.807) is 0 Å². The minimum Gasteiger partial charge on any atom is -0.466 e. The predicted octanol–water partition coefficient (Wildman–Crippen LogP) is -0.403. The summed E-state index contributed by atoms with van der Waals surface area (Å²) in [5, 5.41) is 3.03. The summed E-state index contributed by atoms with van der Waals surface area (Å²) in [6.07, 6.45) is 3.83. The van der Waals surface area contributed by atoms with Crippen molar-refractivity contribution < 1.29 is 9.53 Å². The van der Waals surface area contributed by atoms with Crippen molar-refractivity contribution in [3.05, 3.63) is 0 Å². The normalized spacial score (nSPS) is 16.0. The van der Waals surface area contributed by atoms with Gasteiger partial charge in [0, 0.05) is 32.6 Å². The number of ether oxygens (including phenoxy) is 1. The summed E-state index contributed by atoms with van der Waals surface area (Å²) in [7, 11) is 0. The molecule has 0 unspecified atom stereocenters. The molecule has 0 bridgehead atoms. The lowest BCUT2D eigenvalue weighted by atomic mass is 10.2. The van der Waals surface area contributed by atoms with Crippen molar-refractivity contribution in [1.29, 1.82) is 0 Å². The van der Waals surface area contributed by atoms with E-state index in [0.717, 1.165) is 32.4 Å². The summed E-state index contributed by atoms with van der Waals surface area (Å²) in [5.41, 5.74) is 10.3. The molecule has 0 atom stereocenters. The van der Waals surface area contributed by atoms with Gasteiger partial charge in [-0.15, -0.1) is 0 Å². The number of carbonyl (C=O) groups is 1. The fourth-order valence-electron chi connectivity index (χ4n) is 1.14. The summed E-state index contributed by atoms with van der Waals surface area (Å²) < 4.78 is 4.76. The van der Waals surface area contributed by atoms with Crippen LogP contribution in [0.2, 0.25) is 0 Å². The van der Waals surface area contributed by atoms with E-state index in [-0.39, 0.29) is 5.97 Å². The second-order valence-corrected chi connectivity index (χ2v) is 3.36. The van der Waals surface area contributed by atoms with Gasteiger partial charge < -0.3 is 21.5 Å². The Labute approximate surface area is 91.5 Å².